The SMILES string of the molecule is CC=c1[nH]c(=Cc2[nH]c(-c3ccc[nH]3)cc2OCC)cc1CCCCCCCCCCC. The number of hydrogen-bond acceptors (Lipinski definition) is 1. The lowest BCUT2D eigenvalue weighted by Crippen LogP contribution is -2.11. The van der Waals surface area contributed by atoms with Crippen molar-refractivity contribution in [1.29, 1.82) is 0 Å². The third kappa shape index (κ3) is 6.94. The van der Waals surface area contributed by atoms with Gasteiger partial charge in [0.2, 0.25) is 0 Å². The van der Waals surface area contributed by atoms with Gasteiger partial charge in [-0.1, -0.05) is 64.4 Å². The first kappa shape index (κ1) is 24.0. The van der Waals surface area contributed by atoms with Crippen molar-refractivity contribution in [2.24, 2.45) is 0 Å². The number of aromatic nitrogens is 3. The van der Waals surface area contributed by atoms with Gasteiger partial charge in [0, 0.05) is 23.0 Å². The smallest absolute Gasteiger partial charge is 0.144 e. The topological polar surface area (TPSA) is 56.6 Å². The van der Waals surface area contributed by atoms with Crippen molar-refractivity contribution >= 4 is 12.2 Å². The predicted molar refractivity (Wildman–Crippen MR) is 136 cm³/mol. The van der Waals surface area contributed by atoms with E-state index in [1.165, 1.54) is 68.7 Å². The Labute approximate surface area is 193 Å². The van der Waals surface area contributed by atoms with Gasteiger partial charge in [0.05, 0.1) is 23.7 Å². The Morgan fingerprint density at radius 3 is 2.28 bits per heavy atom. The maximum atomic E-state index is 5.89. The Balaban J connectivity index is 1.62. The van der Waals surface area contributed by atoms with E-state index in [1.54, 1.807) is 0 Å². The summed E-state index contributed by atoms with van der Waals surface area (Å²) in [6.07, 6.45) is 19.7. The average molecular weight is 436 g/mol. The molecule has 0 amide bonds. The van der Waals surface area contributed by atoms with Crippen molar-refractivity contribution < 1.29 is 4.74 Å². The quantitative estimate of drug-likeness (QED) is 0.251. The fraction of sp³-hybridized carbons (Fsp3) is 0.500. The van der Waals surface area contributed by atoms with Crippen LogP contribution in [0, 0.1) is 0 Å². The zero-order valence-electron chi connectivity index (χ0n) is 20.2. The largest absolute Gasteiger partial charge is 0.492 e. The molecule has 0 unspecified atom stereocenters. The standard InChI is InChI=1S/C28H41N3O/c1-4-7-8-9-10-11-12-13-14-16-22-19-23(30-24(22)5-2)20-27-28(32-6-3)21-26(31-27)25-17-15-18-29-25/h5,15,17-21,29-31H,4,6-14,16H2,1-3H3. The summed E-state index contributed by atoms with van der Waals surface area (Å²) >= 11 is 0. The Morgan fingerprint density at radius 2 is 1.62 bits per heavy atom. The van der Waals surface area contributed by atoms with Crippen molar-refractivity contribution in [3.8, 4) is 17.1 Å². The summed E-state index contributed by atoms with van der Waals surface area (Å²) in [5.41, 5.74) is 4.50. The summed E-state index contributed by atoms with van der Waals surface area (Å²) < 4.78 is 5.89. The maximum absolute atomic E-state index is 5.89. The van der Waals surface area contributed by atoms with Crippen LogP contribution in [0.1, 0.15) is 89.8 Å². The van der Waals surface area contributed by atoms with E-state index in [0.717, 1.165) is 34.6 Å². The lowest BCUT2D eigenvalue weighted by molar-refractivity contribution is 0.340. The molecule has 0 saturated carbocycles. The summed E-state index contributed by atoms with van der Waals surface area (Å²) in [6.45, 7) is 7.06. The molecule has 3 N–H and O–H groups in total. The van der Waals surface area contributed by atoms with E-state index >= 15 is 0 Å². The molecule has 0 radical (unpaired) electrons. The summed E-state index contributed by atoms with van der Waals surface area (Å²) in [7, 11) is 0. The molecule has 0 aromatic carbocycles. The van der Waals surface area contributed by atoms with Gasteiger partial charge < -0.3 is 19.7 Å². The van der Waals surface area contributed by atoms with Crippen molar-refractivity contribution in [3.63, 3.8) is 0 Å². The van der Waals surface area contributed by atoms with Crippen LogP contribution in [0.2, 0.25) is 0 Å². The van der Waals surface area contributed by atoms with Gasteiger partial charge in [0.25, 0.3) is 0 Å². The molecule has 0 atom stereocenters. The van der Waals surface area contributed by atoms with Crippen LogP contribution < -0.4 is 15.4 Å². The molecular formula is C28H41N3O. The molecule has 3 heterocycles. The molecule has 3 aromatic rings. The molecule has 0 aliphatic heterocycles. The minimum atomic E-state index is 0.644. The maximum Gasteiger partial charge on any atom is 0.144 e. The molecule has 3 aromatic heterocycles. The van der Waals surface area contributed by atoms with Gasteiger partial charge in [-0.05, 0) is 56.5 Å². The minimum absolute atomic E-state index is 0.644. The molecule has 0 aliphatic carbocycles. The number of unbranched alkanes of at least 4 members (excludes halogenated alkanes) is 8. The molecule has 4 heteroatoms. The van der Waals surface area contributed by atoms with E-state index in [1.807, 2.05) is 19.2 Å². The molecule has 0 bridgehead atoms. The highest BCUT2D eigenvalue weighted by molar-refractivity contribution is 5.65. The van der Waals surface area contributed by atoms with E-state index in [4.69, 9.17) is 4.74 Å². The van der Waals surface area contributed by atoms with Crippen molar-refractivity contribution in [1.82, 2.24) is 15.0 Å². The fourth-order valence-electron chi connectivity index (χ4n) is 4.34. The number of hydrogen-bond donors (Lipinski definition) is 3. The highest BCUT2D eigenvalue weighted by Gasteiger charge is 2.10. The van der Waals surface area contributed by atoms with Crippen LogP contribution in [0.15, 0.2) is 30.5 Å². The Bertz CT molecular complexity index is 1020. The number of nitrogens with one attached hydrogen (secondary N) is 3. The number of ether oxygens (including phenoxy) is 1. The summed E-state index contributed by atoms with van der Waals surface area (Å²) in [6, 6.07) is 8.44. The minimum Gasteiger partial charge on any atom is -0.492 e. The van der Waals surface area contributed by atoms with E-state index < -0.39 is 0 Å². The van der Waals surface area contributed by atoms with Crippen LogP contribution in [0.5, 0.6) is 5.75 Å². The number of aromatic amines is 3. The van der Waals surface area contributed by atoms with Crippen LogP contribution in [-0.4, -0.2) is 21.6 Å². The van der Waals surface area contributed by atoms with Crippen molar-refractivity contribution in [2.75, 3.05) is 6.61 Å². The first-order valence-corrected chi connectivity index (χ1v) is 12.6. The third-order valence-corrected chi connectivity index (χ3v) is 6.09. The van der Waals surface area contributed by atoms with Crippen LogP contribution in [0.4, 0.5) is 0 Å². The van der Waals surface area contributed by atoms with Gasteiger partial charge in [0.15, 0.2) is 0 Å². The first-order chi connectivity index (χ1) is 15.7. The van der Waals surface area contributed by atoms with Gasteiger partial charge in [-0.15, -0.1) is 0 Å². The summed E-state index contributed by atoms with van der Waals surface area (Å²) in [5, 5.41) is 2.36. The Hall–Kier alpha value is -2.62. The highest BCUT2D eigenvalue weighted by Crippen LogP contribution is 2.27. The lowest BCUT2D eigenvalue weighted by Gasteiger charge is -2.01. The second kappa shape index (κ2) is 13.0. The number of rotatable bonds is 14. The molecule has 3 rings (SSSR count). The normalized spacial score (nSPS) is 12.7. The lowest BCUT2D eigenvalue weighted by atomic mass is 10.0. The zero-order valence-corrected chi connectivity index (χ0v) is 20.2. The van der Waals surface area contributed by atoms with Gasteiger partial charge in [-0.2, -0.15) is 0 Å². The third-order valence-electron chi connectivity index (χ3n) is 6.09. The molecule has 0 fully saturated rings. The molecule has 0 aliphatic rings. The van der Waals surface area contributed by atoms with Gasteiger partial charge in [-0.25, -0.2) is 0 Å². The van der Waals surface area contributed by atoms with E-state index in [-0.39, 0.29) is 0 Å². The summed E-state index contributed by atoms with van der Waals surface area (Å²) in [4.78, 5) is 10.3. The van der Waals surface area contributed by atoms with Crippen molar-refractivity contribution in [3.05, 3.63) is 52.4 Å². The van der Waals surface area contributed by atoms with Gasteiger partial charge in [0.1, 0.15) is 5.75 Å². The molecule has 0 saturated heterocycles. The molecule has 4 nitrogen and oxygen atoms in total. The first-order valence-electron chi connectivity index (χ1n) is 12.6. The Kier molecular flexibility index (Phi) is 9.80. The van der Waals surface area contributed by atoms with Crippen molar-refractivity contribution in [2.45, 2.75) is 85.0 Å². The zero-order chi connectivity index (χ0) is 22.6. The molecular weight excluding hydrogens is 394 g/mol. The predicted octanol–water partition coefficient (Wildman–Crippen LogP) is 6.44. The molecule has 174 valence electrons. The number of aryl methyl sites for hydroxylation is 1. The van der Waals surface area contributed by atoms with Crippen LogP contribution in [0.25, 0.3) is 23.5 Å². The van der Waals surface area contributed by atoms with E-state index in [2.05, 4.69) is 59.2 Å². The van der Waals surface area contributed by atoms with E-state index in [9.17, 15) is 0 Å². The fourth-order valence-corrected chi connectivity index (χ4v) is 4.34. The monoisotopic (exact) mass is 435 g/mol. The number of H-pyrrole nitrogens is 3. The van der Waals surface area contributed by atoms with Crippen LogP contribution >= 0.6 is 0 Å². The molecule has 32 heavy (non-hydrogen) atoms. The second-order valence-electron chi connectivity index (χ2n) is 8.65. The van der Waals surface area contributed by atoms with Gasteiger partial charge >= 0.3 is 0 Å². The van der Waals surface area contributed by atoms with Gasteiger partial charge in [-0.3, -0.25) is 0 Å². The Morgan fingerprint density at radius 1 is 0.875 bits per heavy atom. The van der Waals surface area contributed by atoms with Crippen LogP contribution in [0.3, 0.4) is 0 Å². The molecule has 0 spiro atoms. The highest BCUT2D eigenvalue weighted by atomic mass is 16.5. The average Bonchev–Trinajstić information content (AvgIpc) is 3.54. The summed E-state index contributed by atoms with van der Waals surface area (Å²) in [5.74, 6) is 0.884. The van der Waals surface area contributed by atoms with E-state index in [0.29, 0.717) is 6.61 Å². The van der Waals surface area contributed by atoms with Crippen LogP contribution in [-0.2, 0) is 6.42 Å². The second-order valence-corrected chi connectivity index (χ2v) is 8.65.